The Morgan fingerprint density at radius 2 is 2.06 bits per heavy atom. The summed E-state index contributed by atoms with van der Waals surface area (Å²) in [6, 6.07) is 9.78. The quantitative estimate of drug-likeness (QED) is 0.431. The van der Waals surface area contributed by atoms with Gasteiger partial charge < -0.3 is 16.0 Å². The van der Waals surface area contributed by atoms with E-state index in [-0.39, 0.29) is 28.7 Å². The number of nitrogens with one attached hydrogen (secondary N) is 1. The first kappa shape index (κ1) is 22.7. The smallest absolute Gasteiger partial charge is 0.274 e. The van der Waals surface area contributed by atoms with Gasteiger partial charge in [-0.15, -0.1) is 0 Å². The molecule has 1 aliphatic carbocycles. The number of benzene rings is 1. The van der Waals surface area contributed by atoms with Crippen LogP contribution < -0.4 is 11.1 Å². The highest BCUT2D eigenvalue weighted by molar-refractivity contribution is 7.19. The Kier molecular flexibility index (Phi) is 5.29. The van der Waals surface area contributed by atoms with Crippen molar-refractivity contribution in [2.45, 2.75) is 26.3 Å². The molecule has 2 fully saturated rings. The number of anilines is 1. The number of nitrogens with two attached hydrogens (primary N) is 1. The number of aromatic nitrogens is 3. The van der Waals surface area contributed by atoms with Gasteiger partial charge in [0.1, 0.15) is 22.9 Å². The van der Waals surface area contributed by atoms with Crippen molar-refractivity contribution in [1.29, 1.82) is 0 Å². The lowest BCUT2D eigenvalue weighted by Crippen LogP contribution is -2.46. The van der Waals surface area contributed by atoms with E-state index in [9.17, 15) is 14.0 Å². The monoisotopic (exact) mass is 504 g/mol. The Bertz CT molecular complexity index is 1530. The van der Waals surface area contributed by atoms with Crippen LogP contribution in [0, 0.1) is 31.5 Å². The largest absolute Gasteiger partial charge is 0.375 e. The van der Waals surface area contributed by atoms with Gasteiger partial charge in [-0.1, -0.05) is 29.5 Å². The molecule has 1 saturated heterocycles. The van der Waals surface area contributed by atoms with Crippen LogP contribution in [0.2, 0.25) is 0 Å². The molecule has 1 aliphatic heterocycles. The van der Waals surface area contributed by atoms with Crippen LogP contribution in [-0.2, 0) is 0 Å². The van der Waals surface area contributed by atoms with Gasteiger partial charge in [0.25, 0.3) is 11.8 Å². The molecule has 8 nitrogen and oxygen atoms in total. The van der Waals surface area contributed by atoms with Gasteiger partial charge >= 0.3 is 0 Å². The summed E-state index contributed by atoms with van der Waals surface area (Å²) in [4.78, 5) is 38.1. The molecule has 0 bridgehead atoms. The number of rotatable bonds is 5. The van der Waals surface area contributed by atoms with Crippen molar-refractivity contribution in [3.63, 3.8) is 0 Å². The maximum atomic E-state index is 13.9. The molecule has 4 aromatic rings. The summed E-state index contributed by atoms with van der Waals surface area (Å²) in [7, 11) is 0. The molecule has 2 aliphatic rings. The number of pyridine rings is 1. The van der Waals surface area contributed by atoms with Crippen LogP contribution in [0.5, 0.6) is 0 Å². The van der Waals surface area contributed by atoms with Gasteiger partial charge in [0.15, 0.2) is 5.13 Å². The van der Waals surface area contributed by atoms with Crippen LogP contribution in [0.4, 0.5) is 9.52 Å². The number of thiazole rings is 1. The lowest BCUT2D eigenvalue weighted by molar-refractivity contribution is 0.0690. The lowest BCUT2D eigenvalue weighted by atomic mass is 10.1. The third-order valence-corrected chi connectivity index (χ3v) is 8.14. The molecule has 2 amide bonds. The second-order valence-electron chi connectivity index (χ2n) is 9.57. The predicted octanol–water partition coefficient (Wildman–Crippen LogP) is 3.69. The molecule has 4 heterocycles. The molecule has 0 radical (unpaired) electrons. The third kappa shape index (κ3) is 3.72. The summed E-state index contributed by atoms with van der Waals surface area (Å²) < 4.78 is 15.7. The molecule has 1 aromatic carbocycles. The van der Waals surface area contributed by atoms with E-state index in [4.69, 9.17) is 5.73 Å². The Morgan fingerprint density at radius 3 is 2.86 bits per heavy atom. The van der Waals surface area contributed by atoms with E-state index in [1.54, 1.807) is 21.4 Å². The molecule has 3 N–H and O–H groups in total. The number of amides is 2. The number of carbonyl (C=O) groups is 2. The number of halogens is 1. The van der Waals surface area contributed by atoms with Crippen molar-refractivity contribution >= 4 is 33.9 Å². The summed E-state index contributed by atoms with van der Waals surface area (Å²) in [5.74, 6) is -0.0903. The van der Waals surface area contributed by atoms with Crippen LogP contribution in [-0.4, -0.2) is 50.2 Å². The fraction of sp³-hybridized carbons (Fsp3) is 0.308. The Morgan fingerprint density at radius 1 is 1.22 bits per heavy atom. The van der Waals surface area contributed by atoms with Gasteiger partial charge in [-0.25, -0.2) is 14.4 Å². The predicted molar refractivity (Wildman–Crippen MR) is 135 cm³/mol. The van der Waals surface area contributed by atoms with Gasteiger partial charge in [0.2, 0.25) is 0 Å². The molecule has 184 valence electrons. The minimum atomic E-state index is -0.390. The van der Waals surface area contributed by atoms with Gasteiger partial charge in [0.05, 0.1) is 16.6 Å². The maximum Gasteiger partial charge on any atom is 0.274 e. The number of fused-ring (bicyclic) bond motifs is 2. The van der Waals surface area contributed by atoms with E-state index in [2.05, 4.69) is 15.3 Å². The zero-order chi connectivity index (χ0) is 25.1. The minimum absolute atomic E-state index is 0.143. The second-order valence-corrected chi connectivity index (χ2v) is 10.6. The average Bonchev–Trinajstić information content (AvgIpc) is 3.17. The number of aryl methyl sites for hydroxylation is 2. The molecule has 6 rings (SSSR count). The van der Waals surface area contributed by atoms with Crippen molar-refractivity contribution < 1.29 is 14.0 Å². The van der Waals surface area contributed by atoms with Gasteiger partial charge in [-0.2, -0.15) is 0 Å². The highest BCUT2D eigenvalue weighted by Crippen LogP contribution is 2.50. The molecular formula is C26H25FN6O2S. The first-order chi connectivity index (χ1) is 17.3. The molecule has 3 atom stereocenters. The van der Waals surface area contributed by atoms with Crippen molar-refractivity contribution in [2.24, 2.45) is 11.8 Å². The van der Waals surface area contributed by atoms with Crippen LogP contribution in [0.3, 0.4) is 0 Å². The van der Waals surface area contributed by atoms with Crippen molar-refractivity contribution in [3.05, 3.63) is 71.1 Å². The molecular weight excluding hydrogens is 479 g/mol. The average molecular weight is 505 g/mol. The molecule has 0 unspecified atom stereocenters. The molecule has 0 spiro atoms. The van der Waals surface area contributed by atoms with E-state index in [0.717, 1.165) is 17.6 Å². The van der Waals surface area contributed by atoms with E-state index >= 15 is 0 Å². The Hall–Kier alpha value is -3.79. The fourth-order valence-electron chi connectivity index (χ4n) is 5.38. The summed E-state index contributed by atoms with van der Waals surface area (Å²) in [6.45, 7) is 4.73. The molecule has 36 heavy (non-hydrogen) atoms. The number of likely N-dealkylation sites (tertiary alicyclic amines) is 1. The Balaban J connectivity index is 1.24. The van der Waals surface area contributed by atoms with Crippen LogP contribution >= 0.6 is 11.3 Å². The first-order valence-electron chi connectivity index (χ1n) is 11.9. The second kappa shape index (κ2) is 8.41. The number of hydrogen-bond donors (Lipinski definition) is 2. The first-order valence-corrected chi connectivity index (χ1v) is 12.7. The molecule has 1 saturated carbocycles. The Labute approximate surface area is 211 Å². The van der Waals surface area contributed by atoms with Gasteiger partial charge in [-0.3, -0.25) is 14.0 Å². The molecule has 3 aromatic heterocycles. The van der Waals surface area contributed by atoms with Crippen LogP contribution in [0.1, 0.15) is 38.7 Å². The SMILES string of the molecule is Cc1nc2c(C)cccn2c1C(=O)NC[C@@H]1[C@H]2C[C@H]2CN1C(=O)c1nc(N)sc1-c1cccc(F)c1. The highest BCUT2D eigenvalue weighted by Gasteiger charge is 2.54. The summed E-state index contributed by atoms with van der Waals surface area (Å²) in [5, 5.41) is 3.30. The van der Waals surface area contributed by atoms with E-state index in [1.165, 1.54) is 23.5 Å². The molecule has 10 heteroatoms. The van der Waals surface area contributed by atoms with Gasteiger partial charge in [-0.05, 0) is 61.4 Å². The topological polar surface area (TPSA) is 106 Å². The number of nitrogen functional groups attached to an aromatic ring is 1. The maximum absolute atomic E-state index is 13.9. The third-order valence-electron chi connectivity index (χ3n) is 7.20. The van der Waals surface area contributed by atoms with Crippen molar-refractivity contribution in [1.82, 2.24) is 24.6 Å². The summed E-state index contributed by atoms with van der Waals surface area (Å²) >= 11 is 1.17. The minimum Gasteiger partial charge on any atom is -0.375 e. The van der Waals surface area contributed by atoms with E-state index in [0.29, 0.717) is 46.8 Å². The summed E-state index contributed by atoms with van der Waals surface area (Å²) in [6.07, 6.45) is 2.87. The van der Waals surface area contributed by atoms with Crippen LogP contribution in [0.25, 0.3) is 16.1 Å². The fourth-order valence-corrected chi connectivity index (χ4v) is 6.20. The van der Waals surface area contributed by atoms with Crippen molar-refractivity contribution in [2.75, 3.05) is 18.8 Å². The number of nitrogens with zero attached hydrogens (tertiary/aromatic N) is 4. The van der Waals surface area contributed by atoms with Gasteiger partial charge in [0, 0.05) is 19.3 Å². The number of hydrogen-bond acceptors (Lipinski definition) is 6. The van der Waals surface area contributed by atoms with E-state index in [1.807, 2.05) is 32.2 Å². The highest BCUT2D eigenvalue weighted by atomic mass is 32.1. The summed E-state index contributed by atoms with van der Waals surface area (Å²) in [5.41, 5.74) is 9.66. The van der Waals surface area contributed by atoms with E-state index < -0.39 is 5.82 Å². The number of imidazole rings is 1. The zero-order valence-electron chi connectivity index (χ0n) is 19.9. The van der Waals surface area contributed by atoms with Crippen molar-refractivity contribution in [3.8, 4) is 10.4 Å². The lowest BCUT2D eigenvalue weighted by Gasteiger charge is -2.27. The standard InChI is InChI=1S/C26H25FN6O2S/c1-13-5-4-8-32-21(14(2)30-23(13)32)24(34)29-11-19-18-10-16(18)12-33(19)25(35)20-22(36-26(28)31-20)15-6-3-7-17(27)9-15/h3-9,16,18-19H,10-12H2,1-2H3,(H2,28,31)(H,29,34)/t16-,18-,19+/m0/s1. The zero-order valence-corrected chi connectivity index (χ0v) is 20.7. The normalized spacial score (nSPS) is 20.5. The van der Waals surface area contributed by atoms with Crippen LogP contribution in [0.15, 0.2) is 42.6 Å². The number of carbonyl (C=O) groups excluding carboxylic acids is 2. The number of piperidine rings is 1.